The van der Waals surface area contributed by atoms with Gasteiger partial charge in [0, 0.05) is 10.9 Å². The lowest BCUT2D eigenvalue weighted by Gasteiger charge is -2.22. The highest BCUT2D eigenvalue weighted by atomic mass is 16.5. The summed E-state index contributed by atoms with van der Waals surface area (Å²) in [4.78, 5) is 35.1. The number of aromatic nitrogens is 1. The Morgan fingerprint density at radius 2 is 1.89 bits per heavy atom. The molecule has 7 nitrogen and oxygen atoms in total. The first-order valence-corrected chi connectivity index (χ1v) is 12.5. The van der Waals surface area contributed by atoms with E-state index in [0.717, 1.165) is 28.5 Å². The molecule has 2 amide bonds. The number of benzene rings is 2. The SMILES string of the molecule is C=N/C(=C\C=C/CCC(C)(C#N)c1ccc2cc(CC)c(OC)nc2c1)CN1C(=O)c2ccccc2C1=O. The van der Waals surface area contributed by atoms with Crippen LogP contribution in [-0.4, -0.2) is 42.1 Å². The van der Waals surface area contributed by atoms with Crippen molar-refractivity contribution in [3.8, 4) is 11.9 Å². The third-order valence-corrected chi connectivity index (χ3v) is 6.95. The Balaban J connectivity index is 1.43. The molecule has 3 aromatic rings. The predicted octanol–water partition coefficient (Wildman–Crippen LogP) is 5.80. The summed E-state index contributed by atoms with van der Waals surface area (Å²) in [5.74, 6) is -0.0527. The van der Waals surface area contributed by atoms with Gasteiger partial charge >= 0.3 is 0 Å². The van der Waals surface area contributed by atoms with E-state index < -0.39 is 5.41 Å². The van der Waals surface area contributed by atoms with E-state index >= 15 is 0 Å². The van der Waals surface area contributed by atoms with Crippen molar-refractivity contribution >= 4 is 29.4 Å². The van der Waals surface area contributed by atoms with Crippen LogP contribution in [0.25, 0.3) is 10.9 Å². The van der Waals surface area contributed by atoms with Crippen molar-refractivity contribution in [2.45, 2.75) is 38.5 Å². The normalized spacial score (nSPS) is 15.0. The Morgan fingerprint density at radius 3 is 2.50 bits per heavy atom. The smallest absolute Gasteiger partial charge is 0.261 e. The summed E-state index contributed by atoms with van der Waals surface area (Å²) in [5, 5.41) is 11.0. The van der Waals surface area contributed by atoms with Crippen LogP contribution in [0.2, 0.25) is 0 Å². The van der Waals surface area contributed by atoms with Crippen LogP contribution >= 0.6 is 0 Å². The molecule has 1 atom stereocenters. The first-order chi connectivity index (χ1) is 18.3. The van der Waals surface area contributed by atoms with Crippen molar-refractivity contribution in [3.05, 3.63) is 94.7 Å². The summed E-state index contributed by atoms with van der Waals surface area (Å²) in [6, 6.07) is 17.3. The number of hydrogen-bond donors (Lipinski definition) is 0. The zero-order chi connectivity index (χ0) is 27.3. The topological polar surface area (TPSA) is 95.7 Å². The molecule has 2 heterocycles. The zero-order valence-corrected chi connectivity index (χ0v) is 21.9. The van der Waals surface area contributed by atoms with Crippen molar-refractivity contribution in [2.24, 2.45) is 4.99 Å². The number of methoxy groups -OCH3 is 1. The van der Waals surface area contributed by atoms with Crippen LogP contribution in [0.3, 0.4) is 0 Å². The van der Waals surface area contributed by atoms with Gasteiger partial charge in [-0.15, -0.1) is 0 Å². The van der Waals surface area contributed by atoms with Gasteiger partial charge in [-0.2, -0.15) is 5.26 Å². The number of aliphatic imine (C=N–C) groups is 1. The fraction of sp³-hybridized carbons (Fsp3) is 0.258. The largest absolute Gasteiger partial charge is 0.481 e. The Hall–Kier alpha value is -4.57. The molecule has 1 aromatic heterocycles. The van der Waals surface area contributed by atoms with Gasteiger partial charge in [-0.25, -0.2) is 4.98 Å². The average Bonchev–Trinajstić information content (AvgIpc) is 3.19. The number of aryl methyl sites for hydroxylation is 1. The Kier molecular flexibility index (Phi) is 7.82. The fourth-order valence-electron chi connectivity index (χ4n) is 4.58. The minimum atomic E-state index is -0.708. The lowest BCUT2D eigenvalue weighted by atomic mass is 9.79. The molecule has 0 spiro atoms. The molecule has 0 N–H and O–H groups in total. The highest BCUT2D eigenvalue weighted by molar-refractivity contribution is 6.21. The summed E-state index contributed by atoms with van der Waals surface area (Å²) < 4.78 is 5.44. The van der Waals surface area contributed by atoms with Crippen LogP contribution in [0.15, 0.2) is 77.4 Å². The van der Waals surface area contributed by atoms with Gasteiger partial charge in [-0.05, 0) is 68.8 Å². The van der Waals surface area contributed by atoms with E-state index in [1.54, 1.807) is 37.5 Å². The number of rotatable bonds is 10. The van der Waals surface area contributed by atoms with Gasteiger partial charge in [0.25, 0.3) is 11.8 Å². The number of pyridine rings is 1. The third-order valence-electron chi connectivity index (χ3n) is 6.95. The molecule has 0 aliphatic carbocycles. The number of carbonyl (C=O) groups excluding carboxylic acids is 2. The number of imide groups is 1. The molecule has 0 saturated carbocycles. The molecule has 4 rings (SSSR count). The fourth-order valence-corrected chi connectivity index (χ4v) is 4.58. The lowest BCUT2D eigenvalue weighted by Crippen LogP contribution is -2.31. The van der Waals surface area contributed by atoms with Crippen molar-refractivity contribution in [1.29, 1.82) is 5.26 Å². The molecule has 7 heteroatoms. The third kappa shape index (κ3) is 5.12. The Bertz CT molecular complexity index is 1480. The van der Waals surface area contributed by atoms with Gasteiger partial charge in [0.05, 0.1) is 47.5 Å². The van der Waals surface area contributed by atoms with Gasteiger partial charge in [0.15, 0.2) is 0 Å². The number of nitriles is 1. The van der Waals surface area contributed by atoms with Crippen LogP contribution in [0.4, 0.5) is 0 Å². The standard InChI is InChI=1S/C31H30N4O3/c1-5-21-17-22-14-15-23(18-27(22)34-28(21)38-4)31(2,20-32)16-10-6-7-11-24(33-3)19-35-29(36)25-12-8-9-13-26(25)30(35)37/h6-9,11-15,17-18H,3,5,10,16,19H2,1-2,4H3/b7-6-,24-11-. The molecular weight excluding hydrogens is 476 g/mol. The molecule has 2 aromatic carbocycles. The monoisotopic (exact) mass is 506 g/mol. The number of hydrogen-bond acceptors (Lipinski definition) is 6. The number of ether oxygens (including phenoxy) is 1. The molecule has 38 heavy (non-hydrogen) atoms. The number of fused-ring (bicyclic) bond motifs is 2. The lowest BCUT2D eigenvalue weighted by molar-refractivity contribution is 0.0667. The van der Waals surface area contributed by atoms with Gasteiger partial charge in [-0.1, -0.05) is 43.3 Å². The number of amides is 2. The maximum Gasteiger partial charge on any atom is 0.261 e. The zero-order valence-electron chi connectivity index (χ0n) is 21.9. The first kappa shape index (κ1) is 26.5. The quantitative estimate of drug-likeness (QED) is 0.197. The number of nitrogens with zero attached hydrogens (tertiary/aromatic N) is 4. The van der Waals surface area contributed by atoms with E-state index in [1.165, 1.54) is 4.90 Å². The Labute approximate surface area is 222 Å². The van der Waals surface area contributed by atoms with Gasteiger partial charge in [0.2, 0.25) is 5.88 Å². The predicted molar refractivity (Wildman–Crippen MR) is 148 cm³/mol. The van der Waals surface area contributed by atoms with Crippen molar-refractivity contribution in [3.63, 3.8) is 0 Å². The first-order valence-electron chi connectivity index (χ1n) is 12.5. The minimum absolute atomic E-state index is 0.0450. The molecule has 1 aliphatic rings. The van der Waals surface area contributed by atoms with E-state index in [2.05, 4.69) is 35.8 Å². The summed E-state index contributed by atoms with van der Waals surface area (Å²) in [5.41, 5.74) is 3.34. The molecule has 192 valence electrons. The summed E-state index contributed by atoms with van der Waals surface area (Å²) in [7, 11) is 1.62. The second-order valence-electron chi connectivity index (χ2n) is 9.39. The van der Waals surface area contributed by atoms with Crippen LogP contribution in [0.5, 0.6) is 5.88 Å². The molecule has 1 unspecified atom stereocenters. The van der Waals surface area contributed by atoms with Crippen LogP contribution in [0.1, 0.15) is 58.5 Å². The number of carbonyl (C=O) groups is 2. The van der Waals surface area contributed by atoms with E-state index in [-0.39, 0.29) is 18.4 Å². The second-order valence-corrected chi connectivity index (χ2v) is 9.39. The van der Waals surface area contributed by atoms with Crippen molar-refractivity contribution < 1.29 is 14.3 Å². The highest BCUT2D eigenvalue weighted by Gasteiger charge is 2.35. The van der Waals surface area contributed by atoms with E-state index in [4.69, 9.17) is 4.74 Å². The Morgan fingerprint density at radius 1 is 1.18 bits per heavy atom. The average molecular weight is 507 g/mol. The van der Waals surface area contributed by atoms with Crippen molar-refractivity contribution in [2.75, 3.05) is 13.7 Å². The molecule has 0 bridgehead atoms. The van der Waals surface area contributed by atoms with Crippen LogP contribution in [0, 0.1) is 11.3 Å². The van der Waals surface area contributed by atoms with E-state index in [9.17, 15) is 14.9 Å². The maximum absolute atomic E-state index is 12.6. The molecule has 0 radical (unpaired) electrons. The van der Waals surface area contributed by atoms with Crippen LogP contribution < -0.4 is 4.74 Å². The van der Waals surface area contributed by atoms with Gasteiger partial charge in [-0.3, -0.25) is 19.5 Å². The summed E-state index contributed by atoms with van der Waals surface area (Å²) in [6.45, 7) is 7.62. The molecular formula is C31H30N4O3. The summed E-state index contributed by atoms with van der Waals surface area (Å²) >= 11 is 0. The second kappa shape index (κ2) is 11.2. The maximum atomic E-state index is 12.6. The van der Waals surface area contributed by atoms with E-state index in [0.29, 0.717) is 35.5 Å². The van der Waals surface area contributed by atoms with Crippen molar-refractivity contribution in [1.82, 2.24) is 9.88 Å². The number of allylic oxidation sites excluding steroid dienone is 3. The van der Waals surface area contributed by atoms with E-state index in [1.807, 2.05) is 37.3 Å². The minimum Gasteiger partial charge on any atom is -0.481 e. The highest BCUT2D eigenvalue weighted by Crippen LogP contribution is 2.32. The molecule has 1 aliphatic heterocycles. The van der Waals surface area contributed by atoms with Crippen LogP contribution in [-0.2, 0) is 11.8 Å². The van der Waals surface area contributed by atoms with Gasteiger partial charge < -0.3 is 4.74 Å². The molecule has 0 fully saturated rings. The molecule has 0 saturated heterocycles. The summed E-state index contributed by atoms with van der Waals surface area (Å²) in [6.07, 6.45) is 7.56. The van der Waals surface area contributed by atoms with Gasteiger partial charge in [0.1, 0.15) is 0 Å².